The molecule has 0 spiro atoms. The van der Waals surface area contributed by atoms with Gasteiger partial charge < -0.3 is 0 Å². The Labute approximate surface area is 189 Å². The number of hydrogen-bond acceptors (Lipinski definition) is 2. The Morgan fingerprint density at radius 3 is 1.57 bits per heavy atom. The fraction of sp³-hybridized carbons (Fsp3) is 1.00. The predicted molar refractivity (Wildman–Crippen MR) is 133 cm³/mol. The third-order valence-electron chi connectivity index (χ3n) is 6.80. The Morgan fingerprint density at radius 1 is 0.714 bits per heavy atom. The fourth-order valence-electron chi connectivity index (χ4n) is 5.00. The van der Waals surface area contributed by atoms with E-state index in [0.717, 1.165) is 11.8 Å². The van der Waals surface area contributed by atoms with Gasteiger partial charge in [-0.25, -0.2) is 0 Å². The topological polar surface area (TPSA) is 6.48 Å². The summed E-state index contributed by atoms with van der Waals surface area (Å²) in [5.41, 5.74) is 0.394. The summed E-state index contributed by atoms with van der Waals surface area (Å²) in [6.07, 6.45) is 0. The first-order valence-electron chi connectivity index (χ1n) is 12.3. The number of hydrogen-bond donors (Lipinski definition) is 0. The van der Waals surface area contributed by atoms with Gasteiger partial charge in [0.05, 0.1) is 0 Å². The second kappa shape index (κ2) is 12.3. The third-order valence-corrected chi connectivity index (χ3v) is 23.8. The molecule has 0 bridgehead atoms. The van der Waals surface area contributed by atoms with E-state index in [1.54, 1.807) is 24.9 Å². The zero-order valence-corrected chi connectivity index (χ0v) is 26.1. The van der Waals surface area contributed by atoms with E-state index in [-0.39, 0.29) is 0 Å². The second-order valence-corrected chi connectivity index (χ2v) is 28.6. The maximum absolute atomic E-state index is 2.69. The van der Waals surface area contributed by atoms with Gasteiger partial charge in [-0.2, -0.15) is 0 Å². The van der Waals surface area contributed by atoms with Crippen molar-refractivity contribution in [3.63, 3.8) is 0 Å². The summed E-state index contributed by atoms with van der Waals surface area (Å²) in [5.74, 6) is 1.82. The van der Waals surface area contributed by atoms with Crippen LogP contribution in [0.25, 0.3) is 0 Å². The fourth-order valence-corrected chi connectivity index (χ4v) is 19.3. The van der Waals surface area contributed by atoms with E-state index >= 15 is 0 Å². The molecule has 0 atom stereocenters. The van der Waals surface area contributed by atoms with Gasteiger partial charge in [0.2, 0.25) is 0 Å². The molecule has 2 rings (SSSR count). The average molecular weight is 508 g/mol. The van der Waals surface area contributed by atoms with Crippen LogP contribution in [0.3, 0.4) is 0 Å². The van der Waals surface area contributed by atoms with Crippen molar-refractivity contribution in [3.05, 3.63) is 0 Å². The van der Waals surface area contributed by atoms with Gasteiger partial charge in [0.25, 0.3) is 0 Å². The summed E-state index contributed by atoms with van der Waals surface area (Å²) in [6.45, 7) is 30.8. The van der Waals surface area contributed by atoms with Gasteiger partial charge in [-0.3, -0.25) is 0 Å². The molecule has 2 aliphatic heterocycles. The molecular formula is C24H52Ga2N2. The molecule has 0 saturated carbocycles. The summed E-state index contributed by atoms with van der Waals surface area (Å²) >= 11 is -1.72. The van der Waals surface area contributed by atoms with Crippen molar-refractivity contribution in [3.8, 4) is 0 Å². The predicted octanol–water partition coefficient (Wildman–Crippen LogP) is 6.50. The summed E-state index contributed by atoms with van der Waals surface area (Å²) in [6, 6.07) is 0. The molecule has 0 amide bonds. The summed E-state index contributed by atoms with van der Waals surface area (Å²) in [7, 11) is 0. The van der Waals surface area contributed by atoms with Crippen LogP contribution >= 0.6 is 0 Å². The SMILES string of the molecule is CC(C)(C)N1C[CH2][Ga]([C](C)(C)C)[CH2]C1.CC(C)CN1C[CH2][Ga]([CH2]C(C)C)[CH2]C1. The number of nitrogens with zero attached hydrogens (tertiary/aromatic N) is 2. The van der Waals surface area contributed by atoms with Crippen LogP contribution in [0.1, 0.15) is 69.2 Å². The third kappa shape index (κ3) is 11.0. The van der Waals surface area contributed by atoms with Crippen molar-refractivity contribution in [2.45, 2.75) is 104 Å². The molecule has 0 radical (unpaired) electrons. The first-order valence-corrected chi connectivity index (χ1v) is 22.0. The van der Waals surface area contributed by atoms with E-state index in [2.05, 4.69) is 79.0 Å². The first-order chi connectivity index (χ1) is 12.8. The van der Waals surface area contributed by atoms with Crippen molar-refractivity contribution < 1.29 is 0 Å². The molecule has 2 aliphatic rings. The van der Waals surface area contributed by atoms with Crippen molar-refractivity contribution in [1.29, 1.82) is 0 Å². The Hall–Kier alpha value is 1.19. The van der Waals surface area contributed by atoms with E-state index in [1.807, 2.05) is 0 Å². The van der Waals surface area contributed by atoms with E-state index in [4.69, 9.17) is 0 Å². The molecule has 164 valence electrons. The molecule has 2 saturated heterocycles. The van der Waals surface area contributed by atoms with Gasteiger partial charge in [-0.1, -0.05) is 0 Å². The molecule has 0 aliphatic carbocycles. The van der Waals surface area contributed by atoms with Crippen molar-refractivity contribution in [2.24, 2.45) is 11.8 Å². The average Bonchev–Trinajstić information content (AvgIpc) is 2.55. The van der Waals surface area contributed by atoms with Gasteiger partial charge in [0.1, 0.15) is 0 Å². The molecule has 2 fully saturated rings. The van der Waals surface area contributed by atoms with Gasteiger partial charge in [-0.05, 0) is 0 Å². The van der Waals surface area contributed by atoms with Crippen LogP contribution in [0.2, 0.25) is 28.8 Å². The van der Waals surface area contributed by atoms with E-state index in [9.17, 15) is 0 Å². The van der Waals surface area contributed by atoms with E-state index < -0.39 is 32.4 Å². The molecule has 0 unspecified atom stereocenters. The van der Waals surface area contributed by atoms with Crippen LogP contribution in [0.5, 0.6) is 0 Å². The zero-order valence-electron chi connectivity index (χ0n) is 21.3. The minimum atomic E-state index is -0.951. The van der Waals surface area contributed by atoms with Crippen LogP contribution in [0.15, 0.2) is 0 Å². The standard InChI is InChI=1S/2C8H17N.2C4H9.2Ga/c1-6-9(7-2)8(3,4)5;1-5-9(6-2)7-8(3)4;2*1-4(2)3;;/h1-2,6-7H2,3-5H3;8H,1-2,5-7H2,3-4H3;1-3H3;4H,1H2,2-3H3;;. The monoisotopic (exact) mass is 506 g/mol. The molecule has 2 heterocycles. The van der Waals surface area contributed by atoms with Crippen molar-refractivity contribution >= 4 is 32.4 Å². The molecular weight excluding hydrogens is 456 g/mol. The summed E-state index contributed by atoms with van der Waals surface area (Å²) in [5, 5.41) is 0. The van der Waals surface area contributed by atoms with Crippen molar-refractivity contribution in [2.75, 3.05) is 32.7 Å². The quantitative estimate of drug-likeness (QED) is 0.400. The number of rotatable bonds is 4. The second-order valence-electron chi connectivity index (χ2n) is 12.6. The van der Waals surface area contributed by atoms with Crippen LogP contribution < -0.4 is 0 Å². The normalized spacial score (nSPS) is 20.6. The zero-order chi connectivity index (χ0) is 21.5. The van der Waals surface area contributed by atoms with Crippen LogP contribution in [0, 0.1) is 11.8 Å². The van der Waals surface area contributed by atoms with Gasteiger partial charge >= 0.3 is 190 Å². The van der Waals surface area contributed by atoms with Crippen LogP contribution in [0.4, 0.5) is 0 Å². The van der Waals surface area contributed by atoms with Gasteiger partial charge in [0, 0.05) is 0 Å². The Morgan fingerprint density at radius 2 is 1.21 bits per heavy atom. The molecule has 0 aromatic carbocycles. The minimum absolute atomic E-state index is 0.394. The van der Waals surface area contributed by atoms with Gasteiger partial charge in [0.15, 0.2) is 0 Å². The molecule has 28 heavy (non-hydrogen) atoms. The van der Waals surface area contributed by atoms with Crippen LogP contribution in [-0.4, -0.2) is 80.5 Å². The van der Waals surface area contributed by atoms with Crippen LogP contribution in [-0.2, 0) is 0 Å². The molecule has 2 nitrogen and oxygen atoms in total. The summed E-state index contributed by atoms with van der Waals surface area (Å²) < 4.78 is 0.691. The Bertz CT molecular complexity index is 367. The van der Waals surface area contributed by atoms with E-state index in [0.29, 0.717) is 9.51 Å². The first kappa shape index (κ1) is 27.2. The van der Waals surface area contributed by atoms with Gasteiger partial charge in [-0.15, -0.1) is 0 Å². The summed E-state index contributed by atoms with van der Waals surface area (Å²) in [4.78, 5) is 13.4. The Balaban J connectivity index is 0.000000280. The Kier molecular flexibility index (Phi) is 11.9. The molecule has 0 N–H and O–H groups in total. The maximum atomic E-state index is 2.69. The van der Waals surface area contributed by atoms with Crippen molar-refractivity contribution in [1.82, 2.24) is 9.80 Å². The molecule has 0 aromatic rings. The molecule has 0 aromatic heterocycles. The van der Waals surface area contributed by atoms with E-state index in [1.165, 1.54) is 32.7 Å². The molecule has 4 heteroatoms.